The number of hydrogen-bond donors (Lipinski definition) is 2. The summed E-state index contributed by atoms with van der Waals surface area (Å²) >= 11 is 1.60. The highest BCUT2D eigenvalue weighted by molar-refractivity contribution is 7.09. The lowest BCUT2D eigenvalue weighted by Crippen LogP contribution is -2.38. The quantitative estimate of drug-likeness (QED) is 0.899. The van der Waals surface area contributed by atoms with E-state index < -0.39 is 0 Å². The molecule has 0 radical (unpaired) electrons. The zero-order chi connectivity index (χ0) is 17.1. The first kappa shape index (κ1) is 16.4. The van der Waals surface area contributed by atoms with Crippen LogP contribution in [0.4, 0.5) is 10.5 Å². The molecular weight excluding hydrogens is 324 g/mol. The lowest BCUT2D eigenvalue weighted by Gasteiger charge is -2.18. The van der Waals surface area contributed by atoms with E-state index in [2.05, 4.69) is 15.6 Å². The SMILES string of the molecule is CC(=O)N[C@@H]1CCN(C(=O)Nc2cccc(-c3csc(C)n3)c2)C1. The third-order valence-corrected chi connectivity index (χ3v) is 4.68. The lowest BCUT2D eigenvalue weighted by molar-refractivity contribution is -0.119. The molecule has 2 heterocycles. The first-order valence-corrected chi connectivity index (χ1v) is 8.75. The number of urea groups is 1. The Morgan fingerprint density at radius 2 is 2.21 bits per heavy atom. The van der Waals surface area contributed by atoms with Gasteiger partial charge in [-0.25, -0.2) is 9.78 Å². The number of amides is 3. The lowest BCUT2D eigenvalue weighted by atomic mass is 10.1. The smallest absolute Gasteiger partial charge is 0.321 e. The second-order valence-electron chi connectivity index (χ2n) is 5.89. The molecule has 0 saturated carbocycles. The third kappa shape index (κ3) is 3.91. The number of aryl methyl sites for hydroxylation is 1. The van der Waals surface area contributed by atoms with Gasteiger partial charge in [0, 0.05) is 42.7 Å². The van der Waals surface area contributed by atoms with Crippen LogP contribution >= 0.6 is 11.3 Å². The first-order valence-electron chi connectivity index (χ1n) is 7.87. The molecular formula is C17H20N4O2S. The molecule has 1 aromatic heterocycles. The Morgan fingerprint density at radius 3 is 2.92 bits per heavy atom. The standard InChI is InChI=1S/C17H20N4O2S/c1-11(22)18-15-6-7-21(9-15)17(23)20-14-5-3-4-13(8-14)16-10-24-12(2)19-16/h3-5,8,10,15H,6-7,9H2,1-2H3,(H,18,22)(H,20,23)/t15-/m1/s1. The van der Waals surface area contributed by atoms with E-state index >= 15 is 0 Å². The largest absolute Gasteiger partial charge is 0.352 e. The molecule has 6 nitrogen and oxygen atoms in total. The van der Waals surface area contributed by atoms with E-state index in [0.717, 1.165) is 28.4 Å². The Labute approximate surface area is 144 Å². The van der Waals surface area contributed by atoms with Crippen LogP contribution in [0.3, 0.4) is 0 Å². The predicted molar refractivity (Wildman–Crippen MR) is 95.1 cm³/mol. The summed E-state index contributed by atoms with van der Waals surface area (Å²) in [4.78, 5) is 29.7. The fourth-order valence-electron chi connectivity index (χ4n) is 2.80. The van der Waals surface area contributed by atoms with E-state index in [1.54, 1.807) is 16.2 Å². The summed E-state index contributed by atoms with van der Waals surface area (Å²) in [5.41, 5.74) is 2.64. The minimum Gasteiger partial charge on any atom is -0.352 e. The number of benzene rings is 1. The summed E-state index contributed by atoms with van der Waals surface area (Å²) in [5, 5.41) is 8.80. The van der Waals surface area contributed by atoms with Crippen molar-refractivity contribution in [1.82, 2.24) is 15.2 Å². The minimum atomic E-state index is -0.144. The molecule has 1 aliphatic heterocycles. The van der Waals surface area contributed by atoms with Crippen molar-refractivity contribution in [2.75, 3.05) is 18.4 Å². The molecule has 2 aromatic rings. The van der Waals surface area contributed by atoms with Gasteiger partial charge >= 0.3 is 6.03 Å². The summed E-state index contributed by atoms with van der Waals surface area (Å²) < 4.78 is 0. The van der Waals surface area contributed by atoms with Crippen LogP contribution in [0.15, 0.2) is 29.6 Å². The van der Waals surface area contributed by atoms with Crippen molar-refractivity contribution in [3.63, 3.8) is 0 Å². The molecule has 0 unspecified atom stereocenters. The summed E-state index contributed by atoms with van der Waals surface area (Å²) in [6, 6.07) is 7.57. The molecule has 1 aromatic carbocycles. The molecule has 0 aliphatic carbocycles. The van der Waals surface area contributed by atoms with Gasteiger partial charge in [-0.3, -0.25) is 4.79 Å². The number of likely N-dealkylation sites (tertiary alicyclic amines) is 1. The maximum atomic E-state index is 12.4. The fraction of sp³-hybridized carbons (Fsp3) is 0.353. The molecule has 3 rings (SSSR count). The Morgan fingerprint density at radius 1 is 1.38 bits per heavy atom. The number of hydrogen-bond acceptors (Lipinski definition) is 4. The van der Waals surface area contributed by atoms with Gasteiger partial charge in [0.2, 0.25) is 5.91 Å². The van der Waals surface area contributed by atoms with E-state index in [4.69, 9.17) is 0 Å². The molecule has 24 heavy (non-hydrogen) atoms. The van der Waals surface area contributed by atoms with Crippen molar-refractivity contribution in [3.05, 3.63) is 34.7 Å². The summed E-state index contributed by atoms with van der Waals surface area (Å²) in [6.07, 6.45) is 0.783. The number of carbonyl (C=O) groups is 2. The Bertz CT molecular complexity index is 759. The third-order valence-electron chi connectivity index (χ3n) is 3.91. The fourth-order valence-corrected chi connectivity index (χ4v) is 3.43. The molecule has 1 saturated heterocycles. The van der Waals surface area contributed by atoms with Crippen LogP contribution in [0.2, 0.25) is 0 Å². The van der Waals surface area contributed by atoms with Crippen LogP contribution < -0.4 is 10.6 Å². The van der Waals surface area contributed by atoms with Crippen LogP contribution in [-0.2, 0) is 4.79 Å². The molecule has 0 spiro atoms. The average Bonchev–Trinajstić information content (AvgIpc) is 3.16. The van der Waals surface area contributed by atoms with Gasteiger partial charge in [-0.2, -0.15) is 0 Å². The number of nitrogens with one attached hydrogen (secondary N) is 2. The first-order chi connectivity index (χ1) is 11.5. The monoisotopic (exact) mass is 344 g/mol. The maximum Gasteiger partial charge on any atom is 0.321 e. The zero-order valence-corrected chi connectivity index (χ0v) is 14.5. The van der Waals surface area contributed by atoms with Gasteiger partial charge in [0.25, 0.3) is 0 Å². The van der Waals surface area contributed by atoms with Crippen LogP contribution in [0.25, 0.3) is 11.3 Å². The zero-order valence-electron chi connectivity index (χ0n) is 13.7. The minimum absolute atomic E-state index is 0.0394. The van der Waals surface area contributed by atoms with Crippen LogP contribution in [0.5, 0.6) is 0 Å². The van der Waals surface area contributed by atoms with Crippen molar-refractivity contribution < 1.29 is 9.59 Å². The number of thiazole rings is 1. The number of aromatic nitrogens is 1. The van der Waals surface area contributed by atoms with Crippen LogP contribution in [0.1, 0.15) is 18.4 Å². The van der Waals surface area contributed by atoms with E-state index in [9.17, 15) is 9.59 Å². The van der Waals surface area contributed by atoms with Gasteiger partial charge in [-0.05, 0) is 25.5 Å². The summed E-state index contributed by atoms with van der Waals surface area (Å²) in [7, 11) is 0. The van der Waals surface area contributed by atoms with Crippen molar-refractivity contribution in [2.45, 2.75) is 26.3 Å². The number of nitrogens with zero attached hydrogens (tertiary/aromatic N) is 2. The second kappa shape index (κ2) is 7.00. The highest BCUT2D eigenvalue weighted by atomic mass is 32.1. The molecule has 1 aliphatic rings. The van der Waals surface area contributed by atoms with Crippen LogP contribution in [-0.4, -0.2) is 41.0 Å². The summed E-state index contributed by atoms with van der Waals surface area (Å²) in [5.74, 6) is -0.0616. The molecule has 0 bridgehead atoms. The number of carbonyl (C=O) groups excluding carboxylic acids is 2. The topological polar surface area (TPSA) is 74.3 Å². The highest BCUT2D eigenvalue weighted by Gasteiger charge is 2.26. The molecule has 2 N–H and O–H groups in total. The van der Waals surface area contributed by atoms with E-state index in [0.29, 0.717) is 13.1 Å². The van der Waals surface area contributed by atoms with Gasteiger partial charge in [-0.15, -0.1) is 11.3 Å². The van der Waals surface area contributed by atoms with E-state index in [-0.39, 0.29) is 18.0 Å². The normalized spacial score (nSPS) is 16.9. The molecule has 1 atom stereocenters. The molecule has 3 amide bonds. The Kier molecular flexibility index (Phi) is 4.80. The Hall–Kier alpha value is -2.41. The average molecular weight is 344 g/mol. The highest BCUT2D eigenvalue weighted by Crippen LogP contribution is 2.24. The van der Waals surface area contributed by atoms with Crippen molar-refractivity contribution in [2.24, 2.45) is 0 Å². The second-order valence-corrected chi connectivity index (χ2v) is 6.96. The van der Waals surface area contributed by atoms with Gasteiger partial charge in [0.05, 0.1) is 10.7 Å². The van der Waals surface area contributed by atoms with Crippen molar-refractivity contribution in [1.29, 1.82) is 0 Å². The van der Waals surface area contributed by atoms with Gasteiger partial charge in [-0.1, -0.05) is 12.1 Å². The molecule has 7 heteroatoms. The number of rotatable bonds is 3. The summed E-state index contributed by atoms with van der Waals surface area (Å²) in [6.45, 7) is 4.64. The van der Waals surface area contributed by atoms with E-state index in [1.807, 2.05) is 36.6 Å². The van der Waals surface area contributed by atoms with E-state index in [1.165, 1.54) is 6.92 Å². The molecule has 1 fully saturated rings. The van der Waals surface area contributed by atoms with Crippen molar-refractivity contribution in [3.8, 4) is 11.3 Å². The molecule has 126 valence electrons. The maximum absolute atomic E-state index is 12.4. The van der Waals surface area contributed by atoms with Crippen LogP contribution in [0, 0.1) is 6.92 Å². The Balaban J connectivity index is 1.64. The van der Waals surface area contributed by atoms with Crippen molar-refractivity contribution >= 4 is 29.0 Å². The predicted octanol–water partition coefficient (Wildman–Crippen LogP) is 2.86. The van der Waals surface area contributed by atoms with Gasteiger partial charge < -0.3 is 15.5 Å². The number of anilines is 1. The van der Waals surface area contributed by atoms with Gasteiger partial charge in [0.1, 0.15) is 0 Å². The van der Waals surface area contributed by atoms with Gasteiger partial charge in [0.15, 0.2) is 0 Å².